The number of nitrogens with zero attached hydrogens (tertiary/aromatic N) is 3. The average molecular weight is 515 g/mol. The second-order valence-electron chi connectivity index (χ2n) is 8.51. The highest BCUT2D eigenvalue weighted by molar-refractivity contribution is 6.35. The van der Waals surface area contributed by atoms with E-state index in [1.807, 2.05) is 30.9 Å². The number of hydrogen-bond donors (Lipinski definition) is 1. The molecular weight excluding hydrogens is 489 g/mol. The molecule has 178 valence electrons. The summed E-state index contributed by atoms with van der Waals surface area (Å²) < 4.78 is 12.1. The highest BCUT2D eigenvalue weighted by atomic mass is 35.5. The minimum absolute atomic E-state index is 0.0190. The maximum absolute atomic E-state index is 11.0. The van der Waals surface area contributed by atoms with Gasteiger partial charge < -0.3 is 19.5 Å². The van der Waals surface area contributed by atoms with Gasteiger partial charge in [0.1, 0.15) is 22.7 Å². The quantitative estimate of drug-likeness (QED) is 0.573. The third kappa shape index (κ3) is 5.66. The van der Waals surface area contributed by atoms with Gasteiger partial charge in [-0.25, -0.2) is 4.98 Å². The van der Waals surface area contributed by atoms with E-state index in [2.05, 4.69) is 9.88 Å². The molecular formula is C23H26Cl3N3O4. The summed E-state index contributed by atoms with van der Waals surface area (Å²) >= 11 is 18.8. The summed E-state index contributed by atoms with van der Waals surface area (Å²) in [6, 6.07) is 7.16. The number of halogens is 3. The number of aryl methyl sites for hydroxylation is 1. The van der Waals surface area contributed by atoms with Crippen molar-refractivity contribution in [1.82, 2.24) is 9.88 Å². The van der Waals surface area contributed by atoms with Gasteiger partial charge in [0.05, 0.1) is 24.9 Å². The molecule has 2 aliphatic heterocycles. The van der Waals surface area contributed by atoms with Gasteiger partial charge in [-0.2, -0.15) is 0 Å². The summed E-state index contributed by atoms with van der Waals surface area (Å²) in [5.41, 5.74) is 1.50. The molecule has 0 bridgehead atoms. The fraction of sp³-hybridized carbons (Fsp3) is 0.478. The normalized spacial score (nSPS) is 20.4. The van der Waals surface area contributed by atoms with E-state index in [9.17, 15) is 4.79 Å². The van der Waals surface area contributed by atoms with Crippen molar-refractivity contribution in [2.45, 2.75) is 26.1 Å². The van der Waals surface area contributed by atoms with Crippen LogP contribution in [0, 0.1) is 12.8 Å². The molecule has 4 rings (SSSR count). The number of carboxylic acids is 1. The van der Waals surface area contributed by atoms with Crippen LogP contribution in [0.4, 0.5) is 5.82 Å². The largest absolute Gasteiger partial charge is 0.484 e. The first-order chi connectivity index (χ1) is 15.7. The molecule has 0 unspecified atom stereocenters. The minimum atomic E-state index is -0.812. The van der Waals surface area contributed by atoms with Crippen molar-refractivity contribution in [2.24, 2.45) is 5.92 Å². The van der Waals surface area contributed by atoms with Gasteiger partial charge in [0.2, 0.25) is 0 Å². The number of benzene rings is 1. The fourth-order valence-corrected chi connectivity index (χ4v) is 4.94. The highest BCUT2D eigenvalue weighted by Crippen LogP contribution is 2.38. The first kappa shape index (κ1) is 24.4. The standard InChI is InChI=1S/C23H26Cl3N3O4/c1-13-23(26)19(33-14(2)17-4-3-16(24)7-18(17)25)8-21(27-13)29-9-15(10-29)20-11-28(5-6-32-20)12-22(30)31/h3-4,7-8,14-15,20H,5-6,9-12H2,1-2H3,(H,30,31)/t14-,20+/m1/s1. The molecule has 10 heteroatoms. The molecule has 1 N–H and O–H groups in total. The molecule has 3 heterocycles. The first-order valence-corrected chi connectivity index (χ1v) is 11.9. The van der Waals surface area contributed by atoms with E-state index < -0.39 is 5.97 Å². The Labute approximate surface area is 208 Å². The molecule has 0 amide bonds. The maximum atomic E-state index is 11.0. The summed E-state index contributed by atoms with van der Waals surface area (Å²) in [4.78, 5) is 19.7. The van der Waals surface area contributed by atoms with E-state index in [-0.39, 0.29) is 18.8 Å². The van der Waals surface area contributed by atoms with Crippen molar-refractivity contribution in [1.29, 1.82) is 0 Å². The SMILES string of the molecule is Cc1nc(N2CC([C@@H]3CN(CC(=O)O)CCO3)C2)cc(O[C@H](C)c2ccc(Cl)cc2Cl)c1Cl. The van der Waals surface area contributed by atoms with Crippen molar-refractivity contribution in [3.8, 4) is 5.75 Å². The monoisotopic (exact) mass is 513 g/mol. The van der Waals surface area contributed by atoms with Crippen LogP contribution in [-0.2, 0) is 9.53 Å². The van der Waals surface area contributed by atoms with E-state index in [4.69, 9.17) is 49.4 Å². The number of ether oxygens (including phenoxy) is 2. The molecule has 0 saturated carbocycles. The van der Waals surface area contributed by atoms with Gasteiger partial charge >= 0.3 is 5.97 Å². The third-order valence-corrected chi connectivity index (χ3v) is 7.10. The van der Waals surface area contributed by atoms with Crippen molar-refractivity contribution in [2.75, 3.05) is 44.2 Å². The molecule has 7 nitrogen and oxygen atoms in total. The van der Waals surface area contributed by atoms with Crippen LogP contribution in [0.3, 0.4) is 0 Å². The molecule has 33 heavy (non-hydrogen) atoms. The maximum Gasteiger partial charge on any atom is 0.317 e. The van der Waals surface area contributed by atoms with Crippen molar-refractivity contribution >= 4 is 46.6 Å². The summed E-state index contributed by atoms with van der Waals surface area (Å²) in [6.07, 6.45) is -0.313. The number of carboxylic acid groups (broad SMARTS) is 1. The fourth-order valence-electron chi connectivity index (χ4n) is 4.23. The van der Waals surface area contributed by atoms with E-state index >= 15 is 0 Å². The van der Waals surface area contributed by atoms with Gasteiger partial charge in [0, 0.05) is 53.8 Å². The van der Waals surface area contributed by atoms with Gasteiger partial charge in [-0.15, -0.1) is 0 Å². The average Bonchev–Trinajstić information content (AvgIpc) is 2.70. The predicted octanol–water partition coefficient (Wildman–Crippen LogP) is 4.71. The zero-order valence-electron chi connectivity index (χ0n) is 18.4. The summed E-state index contributed by atoms with van der Waals surface area (Å²) in [5, 5.41) is 10.6. The Morgan fingerprint density at radius 2 is 2.03 bits per heavy atom. The van der Waals surface area contributed by atoms with Crippen molar-refractivity contribution in [3.63, 3.8) is 0 Å². The van der Waals surface area contributed by atoms with E-state index in [0.717, 1.165) is 24.5 Å². The first-order valence-electron chi connectivity index (χ1n) is 10.8. The number of rotatable bonds is 7. The van der Waals surface area contributed by atoms with Crippen LogP contribution in [0.2, 0.25) is 15.1 Å². The molecule has 1 aromatic heterocycles. The zero-order valence-corrected chi connectivity index (χ0v) is 20.7. The van der Waals surface area contributed by atoms with Crippen LogP contribution in [0.5, 0.6) is 5.75 Å². The Balaban J connectivity index is 1.42. The second-order valence-corrected chi connectivity index (χ2v) is 9.73. The molecule has 0 radical (unpaired) electrons. The van der Waals surface area contributed by atoms with Crippen molar-refractivity contribution in [3.05, 3.63) is 50.6 Å². The van der Waals surface area contributed by atoms with E-state index in [0.29, 0.717) is 52.1 Å². The lowest BCUT2D eigenvalue weighted by Crippen LogP contribution is -2.58. The molecule has 1 aromatic carbocycles. The van der Waals surface area contributed by atoms with Crippen LogP contribution in [0.1, 0.15) is 24.3 Å². The molecule has 2 fully saturated rings. The Kier molecular flexibility index (Phi) is 7.56. The van der Waals surface area contributed by atoms with Gasteiger partial charge in [0.25, 0.3) is 0 Å². The van der Waals surface area contributed by atoms with Crippen LogP contribution in [-0.4, -0.2) is 66.4 Å². The van der Waals surface area contributed by atoms with E-state index in [1.54, 1.807) is 12.1 Å². The van der Waals surface area contributed by atoms with Crippen molar-refractivity contribution < 1.29 is 19.4 Å². The molecule has 2 atom stereocenters. The Bertz CT molecular complexity index is 1030. The summed E-state index contributed by atoms with van der Waals surface area (Å²) in [5.74, 6) is 0.836. The number of aromatic nitrogens is 1. The van der Waals surface area contributed by atoms with Crippen LogP contribution < -0.4 is 9.64 Å². The van der Waals surface area contributed by atoms with Crippen LogP contribution in [0.15, 0.2) is 24.3 Å². The number of aliphatic carboxylic acids is 1. The Morgan fingerprint density at radius 1 is 1.27 bits per heavy atom. The van der Waals surface area contributed by atoms with Gasteiger partial charge in [-0.1, -0.05) is 40.9 Å². The zero-order chi connectivity index (χ0) is 23.7. The van der Waals surface area contributed by atoms with Gasteiger partial charge in [-0.05, 0) is 26.0 Å². The number of anilines is 1. The third-order valence-electron chi connectivity index (χ3n) is 6.08. The second kappa shape index (κ2) is 10.2. The molecule has 2 aliphatic rings. The van der Waals surface area contributed by atoms with Gasteiger partial charge in [0.15, 0.2) is 0 Å². The Hall–Kier alpha value is -1.77. The summed E-state index contributed by atoms with van der Waals surface area (Å²) in [6.45, 7) is 7.18. The van der Waals surface area contributed by atoms with E-state index in [1.165, 1.54) is 0 Å². The number of carbonyl (C=O) groups is 1. The lowest BCUT2D eigenvalue weighted by Gasteiger charge is -2.46. The topological polar surface area (TPSA) is 75.1 Å². The van der Waals surface area contributed by atoms with Crippen LogP contribution >= 0.6 is 34.8 Å². The lowest BCUT2D eigenvalue weighted by atomic mass is 9.92. The molecule has 2 saturated heterocycles. The molecule has 2 aromatic rings. The number of hydrogen-bond acceptors (Lipinski definition) is 6. The highest BCUT2D eigenvalue weighted by Gasteiger charge is 2.38. The smallest absolute Gasteiger partial charge is 0.317 e. The number of morpholine rings is 1. The molecule has 0 aliphatic carbocycles. The number of pyridine rings is 1. The summed E-state index contributed by atoms with van der Waals surface area (Å²) in [7, 11) is 0. The molecule has 0 spiro atoms. The minimum Gasteiger partial charge on any atom is -0.484 e. The van der Waals surface area contributed by atoms with Gasteiger partial charge in [-0.3, -0.25) is 9.69 Å². The Morgan fingerprint density at radius 3 is 2.73 bits per heavy atom. The predicted molar refractivity (Wildman–Crippen MR) is 129 cm³/mol. The lowest BCUT2D eigenvalue weighted by molar-refractivity contribution is -0.141. The van der Waals surface area contributed by atoms with Crippen LogP contribution in [0.25, 0.3) is 0 Å².